The van der Waals surface area contributed by atoms with Crippen molar-refractivity contribution in [2.24, 2.45) is 5.92 Å². The van der Waals surface area contributed by atoms with Gasteiger partial charge in [0.05, 0.1) is 27.7 Å². The standard InChI is InChI=1S/C19H16Cl2F3N3S2/c1-10(2)5-12-6-11(3-4-25-12)18-26-16(9-28-18)17-14(20)7-13(8-15(17)21)27-29-19(22,23)24/h3-4,6-10,27H,5H2,1-2H3. The van der Waals surface area contributed by atoms with Crippen molar-refractivity contribution in [1.82, 2.24) is 9.97 Å². The molecule has 0 unspecified atom stereocenters. The van der Waals surface area contributed by atoms with Crippen molar-refractivity contribution in [3.8, 4) is 21.8 Å². The van der Waals surface area contributed by atoms with Crippen molar-refractivity contribution >= 4 is 52.2 Å². The maximum Gasteiger partial charge on any atom is 0.461 e. The van der Waals surface area contributed by atoms with Crippen LogP contribution in [0.15, 0.2) is 35.8 Å². The number of alkyl halides is 3. The SMILES string of the molecule is CC(C)Cc1cc(-c2nc(-c3c(Cl)cc(NSC(F)(F)F)cc3Cl)cs2)ccn1. The number of anilines is 1. The molecule has 0 saturated heterocycles. The first kappa shape index (κ1) is 22.2. The van der Waals surface area contributed by atoms with E-state index in [-0.39, 0.29) is 27.7 Å². The first-order valence-electron chi connectivity index (χ1n) is 8.53. The van der Waals surface area contributed by atoms with Gasteiger partial charge in [-0.05, 0) is 36.6 Å². The number of thiazole rings is 1. The highest BCUT2D eigenvalue weighted by Gasteiger charge is 2.29. The van der Waals surface area contributed by atoms with Crippen molar-refractivity contribution in [3.63, 3.8) is 0 Å². The van der Waals surface area contributed by atoms with Crippen molar-refractivity contribution < 1.29 is 13.2 Å². The Morgan fingerprint density at radius 2 is 1.86 bits per heavy atom. The lowest BCUT2D eigenvalue weighted by Crippen LogP contribution is -2.04. The largest absolute Gasteiger partial charge is 0.461 e. The minimum atomic E-state index is -4.42. The summed E-state index contributed by atoms with van der Waals surface area (Å²) in [7, 11) is 0. The third-order valence-electron chi connectivity index (χ3n) is 3.77. The Labute approximate surface area is 184 Å². The third-order valence-corrected chi connectivity index (χ3v) is 5.82. The molecule has 0 aliphatic rings. The third kappa shape index (κ3) is 6.01. The molecule has 0 aliphatic carbocycles. The van der Waals surface area contributed by atoms with Crippen molar-refractivity contribution in [1.29, 1.82) is 0 Å². The monoisotopic (exact) mass is 477 g/mol. The number of nitrogens with zero attached hydrogens (tertiary/aromatic N) is 2. The van der Waals surface area contributed by atoms with Crippen LogP contribution in [-0.4, -0.2) is 15.5 Å². The summed E-state index contributed by atoms with van der Waals surface area (Å²) in [6, 6.07) is 6.69. The fourth-order valence-corrected chi connectivity index (χ4v) is 4.50. The second-order valence-electron chi connectivity index (χ2n) is 6.64. The summed E-state index contributed by atoms with van der Waals surface area (Å²) in [4.78, 5) is 9.01. The molecule has 0 spiro atoms. The lowest BCUT2D eigenvalue weighted by molar-refractivity contribution is -0.0323. The van der Waals surface area contributed by atoms with E-state index in [4.69, 9.17) is 23.2 Å². The van der Waals surface area contributed by atoms with Gasteiger partial charge in [0.2, 0.25) is 0 Å². The summed E-state index contributed by atoms with van der Waals surface area (Å²) >= 11 is 13.7. The van der Waals surface area contributed by atoms with Gasteiger partial charge in [0.15, 0.2) is 0 Å². The fraction of sp³-hybridized carbons (Fsp3) is 0.263. The highest BCUT2D eigenvalue weighted by Crippen LogP contribution is 2.40. The van der Waals surface area contributed by atoms with Crippen LogP contribution in [0, 0.1) is 5.92 Å². The molecule has 3 nitrogen and oxygen atoms in total. The zero-order valence-corrected chi connectivity index (χ0v) is 18.5. The molecule has 29 heavy (non-hydrogen) atoms. The van der Waals surface area contributed by atoms with Crippen LogP contribution in [0.2, 0.25) is 10.0 Å². The zero-order valence-electron chi connectivity index (χ0n) is 15.3. The number of hydrogen-bond acceptors (Lipinski definition) is 5. The van der Waals surface area contributed by atoms with Crippen LogP contribution in [0.5, 0.6) is 0 Å². The topological polar surface area (TPSA) is 37.8 Å². The van der Waals surface area contributed by atoms with Gasteiger partial charge in [-0.1, -0.05) is 37.0 Å². The molecule has 2 heterocycles. The molecule has 3 aromatic rings. The normalized spacial score (nSPS) is 11.9. The summed E-state index contributed by atoms with van der Waals surface area (Å²) in [5, 5.41) is 3.04. The van der Waals surface area contributed by atoms with Gasteiger partial charge < -0.3 is 4.72 Å². The number of aromatic nitrogens is 2. The minimum Gasteiger partial charge on any atom is -0.322 e. The molecule has 0 saturated carbocycles. The number of pyridine rings is 1. The first-order chi connectivity index (χ1) is 13.6. The van der Waals surface area contributed by atoms with E-state index in [9.17, 15) is 13.2 Å². The highest BCUT2D eigenvalue weighted by atomic mass is 35.5. The lowest BCUT2D eigenvalue weighted by Gasteiger charge is -2.11. The molecule has 1 aromatic carbocycles. The molecule has 0 bridgehead atoms. The molecule has 154 valence electrons. The van der Waals surface area contributed by atoms with E-state index in [1.807, 2.05) is 17.5 Å². The number of rotatable bonds is 6. The second-order valence-corrected chi connectivity index (χ2v) is 9.18. The minimum absolute atomic E-state index is 0.161. The van der Waals surface area contributed by atoms with Crippen molar-refractivity contribution in [2.75, 3.05) is 4.72 Å². The smallest absolute Gasteiger partial charge is 0.322 e. The molecule has 0 atom stereocenters. The average Bonchev–Trinajstić information content (AvgIpc) is 3.08. The molecule has 0 fully saturated rings. The maximum atomic E-state index is 12.4. The predicted octanol–water partition coefficient (Wildman–Crippen LogP) is 7.96. The first-order valence-corrected chi connectivity index (χ1v) is 11.0. The second kappa shape index (κ2) is 9.12. The lowest BCUT2D eigenvalue weighted by atomic mass is 10.1. The van der Waals surface area contributed by atoms with Crippen molar-refractivity contribution in [2.45, 2.75) is 25.8 Å². The molecule has 3 rings (SSSR count). The van der Waals surface area contributed by atoms with Gasteiger partial charge >= 0.3 is 5.51 Å². The predicted molar refractivity (Wildman–Crippen MR) is 117 cm³/mol. The van der Waals surface area contributed by atoms with Gasteiger partial charge in [0.1, 0.15) is 5.01 Å². The van der Waals surface area contributed by atoms with Crippen LogP contribution in [-0.2, 0) is 6.42 Å². The van der Waals surface area contributed by atoms with E-state index >= 15 is 0 Å². The van der Waals surface area contributed by atoms with E-state index in [1.165, 1.54) is 23.5 Å². The number of hydrogen-bond donors (Lipinski definition) is 1. The Morgan fingerprint density at radius 3 is 2.48 bits per heavy atom. The number of benzene rings is 1. The summed E-state index contributed by atoms with van der Waals surface area (Å²) in [6.45, 7) is 4.26. The quantitative estimate of drug-likeness (QED) is 0.365. The Hall–Kier alpha value is -1.48. The molecule has 0 aliphatic heterocycles. The van der Waals surface area contributed by atoms with Gasteiger partial charge in [-0.15, -0.1) is 11.3 Å². The van der Waals surface area contributed by atoms with E-state index in [2.05, 4.69) is 28.5 Å². The molecule has 10 heteroatoms. The fourth-order valence-electron chi connectivity index (χ4n) is 2.66. The number of halogens is 5. The van der Waals surface area contributed by atoms with Gasteiger partial charge in [-0.2, -0.15) is 13.2 Å². The van der Waals surface area contributed by atoms with Gasteiger partial charge in [-0.25, -0.2) is 4.98 Å². The Balaban J connectivity index is 1.87. The summed E-state index contributed by atoms with van der Waals surface area (Å²) in [5.41, 5.74) is -1.27. The Morgan fingerprint density at radius 1 is 1.17 bits per heavy atom. The van der Waals surface area contributed by atoms with Crippen molar-refractivity contribution in [3.05, 3.63) is 51.6 Å². The molecule has 0 amide bonds. The maximum absolute atomic E-state index is 12.4. The van der Waals surface area contributed by atoms with Crippen LogP contribution in [0.1, 0.15) is 19.5 Å². The molecule has 2 aromatic heterocycles. The van der Waals surface area contributed by atoms with E-state index in [0.717, 1.165) is 22.7 Å². The van der Waals surface area contributed by atoms with Crippen LogP contribution in [0.3, 0.4) is 0 Å². The molecule has 1 N–H and O–H groups in total. The van der Waals surface area contributed by atoms with Crippen LogP contribution in [0.25, 0.3) is 21.8 Å². The summed E-state index contributed by atoms with van der Waals surface area (Å²) < 4.78 is 39.3. The number of nitrogens with one attached hydrogen (secondary N) is 1. The summed E-state index contributed by atoms with van der Waals surface area (Å²) in [6.07, 6.45) is 2.63. The molecule has 0 radical (unpaired) electrons. The van der Waals surface area contributed by atoms with E-state index in [1.54, 1.807) is 6.20 Å². The Bertz CT molecular complexity index is 983. The highest BCUT2D eigenvalue weighted by molar-refractivity contribution is 8.01. The molecular formula is C19H16Cl2F3N3S2. The van der Waals surface area contributed by atoms with Gasteiger partial charge in [-0.3, -0.25) is 4.98 Å². The van der Waals surface area contributed by atoms with Crippen LogP contribution >= 0.6 is 46.5 Å². The van der Waals surface area contributed by atoms with Crippen LogP contribution in [0.4, 0.5) is 18.9 Å². The van der Waals surface area contributed by atoms with Gasteiger partial charge in [0, 0.05) is 34.1 Å². The van der Waals surface area contributed by atoms with E-state index < -0.39 is 5.51 Å². The average molecular weight is 478 g/mol. The zero-order chi connectivity index (χ0) is 21.2. The van der Waals surface area contributed by atoms with E-state index in [0.29, 0.717) is 17.2 Å². The molecular weight excluding hydrogens is 462 g/mol. The van der Waals surface area contributed by atoms with Crippen LogP contribution < -0.4 is 4.72 Å². The van der Waals surface area contributed by atoms with Gasteiger partial charge in [0.25, 0.3) is 0 Å². The Kier molecular flexibility index (Phi) is 6.98. The summed E-state index contributed by atoms with van der Waals surface area (Å²) in [5.74, 6) is 0.491.